The number of piperidine rings is 1. The number of hydrogen-bond donors (Lipinski definition) is 1. The van der Waals surface area contributed by atoms with Crippen molar-refractivity contribution in [3.05, 3.63) is 23.8 Å². The first kappa shape index (κ1) is 22.8. The Balaban J connectivity index is 1.18. The maximum Gasteiger partial charge on any atom is 0.494 e. The molecule has 188 valence electrons. The highest BCUT2D eigenvalue weighted by molar-refractivity contribution is 6.62. The Labute approximate surface area is 210 Å². The molecule has 7 heteroatoms. The molecule has 2 saturated carbocycles. The van der Waals surface area contributed by atoms with Crippen molar-refractivity contribution in [3.63, 3.8) is 0 Å². The van der Waals surface area contributed by atoms with Crippen molar-refractivity contribution in [2.45, 2.75) is 101 Å². The van der Waals surface area contributed by atoms with Gasteiger partial charge >= 0.3 is 7.12 Å². The van der Waals surface area contributed by atoms with Gasteiger partial charge in [0.2, 0.25) is 5.91 Å². The number of fused-ring (bicyclic) bond motifs is 2. The SMILES string of the molecule is CC1(C)OB(c2ccc3c(c2)N(C2CC(N4CCC5(CC5)C4)C2)C(=O)C32CCNCC2)OC1(C)C. The summed E-state index contributed by atoms with van der Waals surface area (Å²) in [4.78, 5) is 19.1. The molecule has 1 aromatic rings. The summed E-state index contributed by atoms with van der Waals surface area (Å²) in [5.41, 5.74) is 2.91. The summed E-state index contributed by atoms with van der Waals surface area (Å²) in [7, 11) is -0.403. The largest absolute Gasteiger partial charge is 0.494 e. The third-order valence-electron chi connectivity index (χ3n) is 10.8. The smallest absolute Gasteiger partial charge is 0.399 e. The lowest BCUT2D eigenvalue weighted by Crippen LogP contribution is -2.57. The molecule has 0 atom stereocenters. The third kappa shape index (κ3) is 3.27. The first-order chi connectivity index (χ1) is 16.6. The molecule has 35 heavy (non-hydrogen) atoms. The summed E-state index contributed by atoms with van der Waals surface area (Å²) in [5, 5.41) is 3.47. The molecule has 4 aliphatic heterocycles. The number of nitrogens with one attached hydrogen (secondary N) is 1. The zero-order chi connectivity index (χ0) is 24.2. The molecule has 2 spiro atoms. The fourth-order valence-corrected chi connectivity index (χ4v) is 7.37. The van der Waals surface area contributed by atoms with E-state index in [2.05, 4.69) is 61.0 Å². The molecule has 0 radical (unpaired) electrons. The van der Waals surface area contributed by atoms with Gasteiger partial charge in [0.05, 0.1) is 16.6 Å². The van der Waals surface area contributed by atoms with Gasteiger partial charge < -0.3 is 19.5 Å². The van der Waals surface area contributed by atoms with Gasteiger partial charge in [0.25, 0.3) is 0 Å². The van der Waals surface area contributed by atoms with E-state index in [-0.39, 0.29) is 16.6 Å². The van der Waals surface area contributed by atoms with Crippen LogP contribution >= 0.6 is 0 Å². The second-order valence-corrected chi connectivity index (χ2v) is 13.4. The van der Waals surface area contributed by atoms with Gasteiger partial charge in [0, 0.05) is 24.3 Å². The summed E-state index contributed by atoms with van der Waals surface area (Å²) in [5.74, 6) is 0.337. The molecule has 1 amide bonds. The van der Waals surface area contributed by atoms with Gasteiger partial charge in [-0.05, 0) is 115 Å². The molecular formula is C28H40BN3O3. The standard InChI is InChI=1S/C28H40BN3O3/c1-25(2)26(3,4)35-29(34-25)19-5-6-22-23(15-19)32(24(33)28(22)9-12-30-13-10-28)21-16-20(17-21)31-14-11-27(18-31)7-8-27/h5-6,15,20-21,30H,7-14,16-18H2,1-4H3. The lowest BCUT2D eigenvalue weighted by molar-refractivity contribution is -0.125. The van der Waals surface area contributed by atoms with Gasteiger partial charge in [-0.3, -0.25) is 9.69 Å². The maximum atomic E-state index is 14.2. The molecule has 5 fully saturated rings. The van der Waals surface area contributed by atoms with Crippen LogP contribution in [0.25, 0.3) is 0 Å². The predicted octanol–water partition coefficient (Wildman–Crippen LogP) is 2.97. The number of carbonyl (C=O) groups excluding carboxylic acids is 1. The van der Waals surface area contributed by atoms with Crippen LogP contribution in [-0.2, 0) is 19.5 Å². The fourth-order valence-electron chi connectivity index (χ4n) is 7.37. The van der Waals surface area contributed by atoms with Crippen LogP contribution in [0.15, 0.2) is 18.2 Å². The average Bonchev–Trinajstić information content (AvgIpc) is 3.29. The lowest BCUT2D eigenvalue weighted by Gasteiger charge is -2.46. The summed E-state index contributed by atoms with van der Waals surface area (Å²) < 4.78 is 12.8. The normalized spacial score (nSPS) is 34.0. The zero-order valence-electron chi connectivity index (χ0n) is 21.9. The van der Waals surface area contributed by atoms with Crippen molar-refractivity contribution < 1.29 is 14.1 Å². The number of anilines is 1. The number of carbonyl (C=O) groups is 1. The van der Waals surface area contributed by atoms with E-state index in [1.54, 1.807) is 0 Å². The van der Waals surface area contributed by atoms with Gasteiger partial charge in [-0.1, -0.05) is 12.1 Å². The van der Waals surface area contributed by atoms with Gasteiger partial charge in [0.15, 0.2) is 0 Å². The number of benzene rings is 1. The molecular weight excluding hydrogens is 437 g/mol. The van der Waals surface area contributed by atoms with Crippen LogP contribution in [-0.4, -0.2) is 67.4 Å². The summed E-state index contributed by atoms with van der Waals surface area (Å²) in [6.45, 7) is 12.7. The molecule has 6 nitrogen and oxygen atoms in total. The molecule has 6 aliphatic rings. The zero-order valence-corrected chi connectivity index (χ0v) is 21.9. The fraction of sp³-hybridized carbons (Fsp3) is 0.750. The van der Waals surface area contributed by atoms with Crippen LogP contribution < -0.4 is 15.7 Å². The molecule has 0 unspecified atom stereocenters. The van der Waals surface area contributed by atoms with Crippen molar-refractivity contribution in [3.8, 4) is 0 Å². The van der Waals surface area contributed by atoms with Crippen LogP contribution in [0.3, 0.4) is 0 Å². The molecule has 0 bridgehead atoms. The van der Waals surface area contributed by atoms with Gasteiger partial charge in [-0.2, -0.15) is 0 Å². The second-order valence-electron chi connectivity index (χ2n) is 13.4. The second kappa shape index (κ2) is 7.34. The Kier molecular flexibility index (Phi) is 4.77. The molecule has 1 N–H and O–H groups in total. The van der Waals surface area contributed by atoms with E-state index in [1.807, 2.05) is 0 Å². The number of nitrogens with zero attached hydrogens (tertiary/aromatic N) is 2. The Hall–Kier alpha value is -1.41. The first-order valence-corrected chi connectivity index (χ1v) is 13.9. The number of rotatable bonds is 3. The van der Waals surface area contributed by atoms with E-state index in [0.29, 0.717) is 23.4 Å². The third-order valence-corrected chi connectivity index (χ3v) is 10.8. The van der Waals surface area contributed by atoms with E-state index in [9.17, 15) is 4.79 Å². The van der Waals surface area contributed by atoms with Crippen molar-refractivity contribution in [2.24, 2.45) is 5.41 Å². The molecule has 2 aliphatic carbocycles. The average molecular weight is 477 g/mol. The topological polar surface area (TPSA) is 54.0 Å². The van der Waals surface area contributed by atoms with Crippen LogP contribution in [0.1, 0.15) is 78.2 Å². The Morgan fingerprint density at radius 3 is 2.26 bits per heavy atom. The highest BCUT2D eigenvalue weighted by Gasteiger charge is 2.57. The monoisotopic (exact) mass is 477 g/mol. The highest BCUT2D eigenvalue weighted by Crippen LogP contribution is 2.55. The van der Waals surface area contributed by atoms with Crippen LogP contribution in [0.5, 0.6) is 0 Å². The van der Waals surface area contributed by atoms with Crippen LogP contribution in [0, 0.1) is 5.41 Å². The Morgan fingerprint density at radius 1 is 0.943 bits per heavy atom. The van der Waals surface area contributed by atoms with Crippen molar-refractivity contribution in [1.82, 2.24) is 10.2 Å². The van der Waals surface area contributed by atoms with Gasteiger partial charge in [-0.15, -0.1) is 0 Å². The highest BCUT2D eigenvalue weighted by atomic mass is 16.7. The van der Waals surface area contributed by atoms with Crippen LogP contribution in [0.2, 0.25) is 0 Å². The predicted molar refractivity (Wildman–Crippen MR) is 138 cm³/mol. The maximum absolute atomic E-state index is 14.2. The summed E-state index contributed by atoms with van der Waals surface area (Å²) >= 11 is 0. The van der Waals surface area contributed by atoms with Crippen molar-refractivity contribution in [2.75, 3.05) is 31.1 Å². The van der Waals surface area contributed by atoms with Crippen molar-refractivity contribution >= 4 is 24.2 Å². The number of likely N-dealkylation sites (tertiary alicyclic amines) is 1. The summed E-state index contributed by atoms with van der Waals surface area (Å²) in [6.07, 6.45) is 8.22. The molecule has 4 heterocycles. The van der Waals surface area contributed by atoms with E-state index in [1.165, 1.54) is 37.9 Å². The quantitative estimate of drug-likeness (QED) is 0.679. The minimum absolute atomic E-state index is 0.310. The van der Waals surface area contributed by atoms with Gasteiger partial charge in [0.1, 0.15) is 0 Å². The minimum Gasteiger partial charge on any atom is -0.399 e. The molecule has 3 saturated heterocycles. The van der Waals surface area contributed by atoms with E-state index >= 15 is 0 Å². The van der Waals surface area contributed by atoms with Crippen LogP contribution in [0.4, 0.5) is 5.69 Å². The summed E-state index contributed by atoms with van der Waals surface area (Å²) in [6, 6.07) is 7.53. The number of amides is 1. The van der Waals surface area contributed by atoms with Gasteiger partial charge in [-0.25, -0.2) is 0 Å². The Morgan fingerprint density at radius 2 is 1.63 bits per heavy atom. The first-order valence-electron chi connectivity index (χ1n) is 13.9. The van der Waals surface area contributed by atoms with E-state index in [4.69, 9.17) is 9.31 Å². The van der Waals surface area contributed by atoms with E-state index < -0.39 is 7.12 Å². The van der Waals surface area contributed by atoms with E-state index in [0.717, 1.165) is 49.9 Å². The van der Waals surface area contributed by atoms with Crippen molar-refractivity contribution in [1.29, 1.82) is 0 Å². The molecule has 7 rings (SSSR count). The molecule has 1 aromatic carbocycles. The lowest BCUT2D eigenvalue weighted by atomic mass is 9.72. The minimum atomic E-state index is -0.403. The molecule has 0 aromatic heterocycles. The Bertz CT molecular complexity index is 1040. The number of hydrogen-bond acceptors (Lipinski definition) is 5.